The molecule has 0 atom stereocenters. The number of hydrogen-bond donors (Lipinski definition) is 2. The summed E-state index contributed by atoms with van der Waals surface area (Å²) in [5, 5.41) is 7.35. The van der Waals surface area contributed by atoms with Gasteiger partial charge in [-0.25, -0.2) is 4.39 Å². The molecule has 4 heteroatoms. The molecule has 3 nitrogen and oxygen atoms in total. The third-order valence-corrected chi connectivity index (χ3v) is 1.83. The van der Waals surface area contributed by atoms with Crippen LogP contribution in [0.2, 0.25) is 0 Å². The molecule has 0 aliphatic carbocycles. The second kappa shape index (κ2) is 2.57. The smallest absolute Gasteiger partial charge is 0.129 e. The normalized spacial score (nSPS) is 10.8. The Morgan fingerprint density at radius 2 is 2.33 bits per heavy atom. The Balaban J connectivity index is 2.73. The van der Waals surface area contributed by atoms with E-state index < -0.39 is 0 Å². The van der Waals surface area contributed by atoms with Crippen LogP contribution in [-0.4, -0.2) is 10.2 Å². The molecule has 2 aromatic rings. The van der Waals surface area contributed by atoms with Crippen molar-refractivity contribution < 1.29 is 4.39 Å². The molecule has 0 saturated heterocycles. The minimum absolute atomic E-state index is 0.215. The molecule has 0 amide bonds. The van der Waals surface area contributed by atoms with Gasteiger partial charge in [0.15, 0.2) is 0 Å². The maximum Gasteiger partial charge on any atom is 0.129 e. The molecule has 12 heavy (non-hydrogen) atoms. The standard InChI is InChI=1S/C8H8FN3/c9-7-2-8-6(4-11-12-8)1-5(7)3-10/h1-2,4H,3,10H2,(H,11,12). The van der Waals surface area contributed by atoms with Crippen molar-refractivity contribution in [3.8, 4) is 0 Å². The Morgan fingerprint density at radius 3 is 3.08 bits per heavy atom. The Kier molecular flexibility index (Phi) is 1.55. The number of fused-ring (bicyclic) bond motifs is 1. The van der Waals surface area contributed by atoms with Gasteiger partial charge in [-0.2, -0.15) is 5.10 Å². The fourth-order valence-corrected chi connectivity index (χ4v) is 1.17. The van der Waals surface area contributed by atoms with Gasteiger partial charge in [-0.15, -0.1) is 0 Å². The van der Waals surface area contributed by atoms with E-state index in [1.807, 2.05) is 0 Å². The first-order valence-corrected chi connectivity index (χ1v) is 3.63. The van der Waals surface area contributed by atoms with Gasteiger partial charge >= 0.3 is 0 Å². The highest BCUT2D eigenvalue weighted by Gasteiger charge is 2.03. The molecular weight excluding hydrogens is 157 g/mol. The first-order chi connectivity index (χ1) is 5.81. The number of nitrogens with two attached hydrogens (primary N) is 1. The van der Waals surface area contributed by atoms with Gasteiger partial charge in [0.05, 0.1) is 11.7 Å². The number of rotatable bonds is 1. The number of benzene rings is 1. The van der Waals surface area contributed by atoms with Gasteiger partial charge in [-0.05, 0) is 12.1 Å². The summed E-state index contributed by atoms with van der Waals surface area (Å²) in [6, 6.07) is 3.11. The molecule has 62 valence electrons. The van der Waals surface area contributed by atoms with Gasteiger partial charge < -0.3 is 5.73 Å². The van der Waals surface area contributed by atoms with Crippen LogP contribution in [0.5, 0.6) is 0 Å². The molecular formula is C8H8FN3. The molecule has 0 aliphatic heterocycles. The fraction of sp³-hybridized carbons (Fsp3) is 0.125. The van der Waals surface area contributed by atoms with Crippen LogP contribution >= 0.6 is 0 Å². The second-order valence-electron chi connectivity index (χ2n) is 2.60. The molecule has 3 N–H and O–H groups in total. The lowest BCUT2D eigenvalue weighted by molar-refractivity contribution is 0.612. The van der Waals surface area contributed by atoms with Crippen molar-refractivity contribution in [2.45, 2.75) is 6.54 Å². The van der Waals surface area contributed by atoms with Crippen LogP contribution in [0.15, 0.2) is 18.3 Å². The Hall–Kier alpha value is -1.42. The summed E-state index contributed by atoms with van der Waals surface area (Å²) in [6.45, 7) is 0.215. The Labute approximate surface area is 68.4 Å². The largest absolute Gasteiger partial charge is 0.326 e. The van der Waals surface area contributed by atoms with E-state index in [-0.39, 0.29) is 12.4 Å². The molecule has 1 aromatic heterocycles. The topological polar surface area (TPSA) is 54.7 Å². The lowest BCUT2D eigenvalue weighted by Crippen LogP contribution is -1.99. The van der Waals surface area contributed by atoms with Crippen LogP contribution < -0.4 is 5.73 Å². The van der Waals surface area contributed by atoms with Crippen molar-refractivity contribution in [1.29, 1.82) is 0 Å². The predicted octanol–water partition coefficient (Wildman–Crippen LogP) is 1.16. The molecule has 0 radical (unpaired) electrons. The summed E-state index contributed by atoms with van der Waals surface area (Å²) in [6.07, 6.45) is 1.65. The molecule has 0 unspecified atom stereocenters. The van der Waals surface area contributed by atoms with Crippen LogP contribution in [0.1, 0.15) is 5.56 Å². The Morgan fingerprint density at radius 1 is 1.50 bits per heavy atom. The van der Waals surface area contributed by atoms with E-state index in [1.54, 1.807) is 12.3 Å². The number of nitrogens with one attached hydrogen (secondary N) is 1. The number of aromatic amines is 1. The Bertz CT molecular complexity index is 408. The molecule has 0 spiro atoms. The van der Waals surface area contributed by atoms with Gasteiger partial charge in [0.25, 0.3) is 0 Å². The maximum atomic E-state index is 13.1. The van der Waals surface area contributed by atoms with E-state index in [0.29, 0.717) is 11.1 Å². The highest BCUT2D eigenvalue weighted by Crippen LogP contribution is 2.16. The SMILES string of the molecule is NCc1cc2cn[nH]c2cc1F. The lowest BCUT2D eigenvalue weighted by atomic mass is 10.1. The van der Waals surface area contributed by atoms with E-state index >= 15 is 0 Å². The lowest BCUT2D eigenvalue weighted by Gasteiger charge is -1.98. The highest BCUT2D eigenvalue weighted by molar-refractivity contribution is 5.78. The predicted molar refractivity (Wildman–Crippen MR) is 43.9 cm³/mol. The molecule has 1 heterocycles. The average Bonchev–Trinajstić information content (AvgIpc) is 2.49. The minimum atomic E-state index is -0.283. The summed E-state index contributed by atoms with van der Waals surface area (Å²) < 4.78 is 13.1. The molecule has 0 fully saturated rings. The van der Waals surface area contributed by atoms with Crippen molar-refractivity contribution in [3.05, 3.63) is 29.7 Å². The van der Waals surface area contributed by atoms with Gasteiger partial charge in [-0.3, -0.25) is 5.10 Å². The quantitative estimate of drug-likeness (QED) is 0.666. The first kappa shape index (κ1) is 7.24. The summed E-state index contributed by atoms with van der Waals surface area (Å²) >= 11 is 0. The zero-order valence-electron chi connectivity index (χ0n) is 6.34. The molecule has 1 aromatic carbocycles. The zero-order chi connectivity index (χ0) is 8.55. The van der Waals surface area contributed by atoms with Crippen LogP contribution in [0.4, 0.5) is 4.39 Å². The molecule has 0 aliphatic rings. The van der Waals surface area contributed by atoms with Crippen LogP contribution in [0.25, 0.3) is 10.9 Å². The van der Waals surface area contributed by atoms with E-state index in [1.165, 1.54) is 6.07 Å². The van der Waals surface area contributed by atoms with Gasteiger partial charge in [-0.1, -0.05) is 0 Å². The van der Waals surface area contributed by atoms with Crippen molar-refractivity contribution in [3.63, 3.8) is 0 Å². The molecule has 2 rings (SSSR count). The molecule has 0 saturated carbocycles. The van der Waals surface area contributed by atoms with Crippen LogP contribution in [-0.2, 0) is 6.54 Å². The maximum absolute atomic E-state index is 13.1. The third-order valence-electron chi connectivity index (χ3n) is 1.83. The van der Waals surface area contributed by atoms with Crippen molar-refractivity contribution in [2.24, 2.45) is 5.73 Å². The van der Waals surface area contributed by atoms with E-state index in [4.69, 9.17) is 5.73 Å². The third kappa shape index (κ3) is 0.967. The van der Waals surface area contributed by atoms with Crippen molar-refractivity contribution in [1.82, 2.24) is 10.2 Å². The summed E-state index contributed by atoms with van der Waals surface area (Å²) in [4.78, 5) is 0. The first-order valence-electron chi connectivity index (χ1n) is 3.63. The molecule has 0 bridgehead atoms. The van der Waals surface area contributed by atoms with Gasteiger partial charge in [0.2, 0.25) is 0 Å². The van der Waals surface area contributed by atoms with Crippen molar-refractivity contribution in [2.75, 3.05) is 0 Å². The number of nitrogens with zero attached hydrogens (tertiary/aromatic N) is 1. The minimum Gasteiger partial charge on any atom is -0.326 e. The zero-order valence-corrected chi connectivity index (χ0v) is 6.34. The summed E-state index contributed by atoms with van der Waals surface area (Å²) in [5.74, 6) is -0.283. The fourth-order valence-electron chi connectivity index (χ4n) is 1.17. The number of halogens is 1. The summed E-state index contributed by atoms with van der Waals surface area (Å²) in [5.41, 5.74) is 6.56. The van der Waals surface area contributed by atoms with E-state index in [0.717, 1.165) is 5.39 Å². The van der Waals surface area contributed by atoms with Crippen molar-refractivity contribution >= 4 is 10.9 Å². The summed E-state index contributed by atoms with van der Waals surface area (Å²) in [7, 11) is 0. The van der Waals surface area contributed by atoms with Gasteiger partial charge in [0.1, 0.15) is 5.82 Å². The monoisotopic (exact) mass is 165 g/mol. The number of H-pyrrole nitrogens is 1. The number of hydrogen-bond acceptors (Lipinski definition) is 2. The van der Waals surface area contributed by atoms with E-state index in [9.17, 15) is 4.39 Å². The van der Waals surface area contributed by atoms with Crippen LogP contribution in [0.3, 0.4) is 0 Å². The second-order valence-corrected chi connectivity index (χ2v) is 2.60. The van der Waals surface area contributed by atoms with E-state index in [2.05, 4.69) is 10.2 Å². The highest BCUT2D eigenvalue weighted by atomic mass is 19.1. The van der Waals surface area contributed by atoms with Gasteiger partial charge in [0, 0.05) is 17.5 Å². The number of aromatic nitrogens is 2. The average molecular weight is 165 g/mol. The van der Waals surface area contributed by atoms with Crippen LogP contribution in [0, 0.1) is 5.82 Å².